The zero-order chi connectivity index (χ0) is 17.9. The SMILES string of the molecule is CCc1cnn(CC)c1-c1ccc(N[C@H](C)C(F)(F)F)cc1OC. The Morgan fingerprint density at radius 2 is 2.00 bits per heavy atom. The van der Waals surface area contributed by atoms with Crippen LogP contribution in [0.15, 0.2) is 24.4 Å². The van der Waals surface area contributed by atoms with Crippen LogP contribution in [0.25, 0.3) is 11.3 Å². The Balaban J connectivity index is 2.42. The van der Waals surface area contributed by atoms with Gasteiger partial charge in [-0.05, 0) is 38.0 Å². The van der Waals surface area contributed by atoms with Crippen LogP contribution in [-0.2, 0) is 13.0 Å². The molecule has 1 atom stereocenters. The van der Waals surface area contributed by atoms with Gasteiger partial charge in [-0.25, -0.2) is 0 Å². The number of benzene rings is 1. The first kappa shape index (κ1) is 18.2. The number of hydrogen-bond donors (Lipinski definition) is 1. The van der Waals surface area contributed by atoms with Gasteiger partial charge < -0.3 is 10.1 Å². The summed E-state index contributed by atoms with van der Waals surface area (Å²) >= 11 is 0. The Kier molecular flexibility index (Phi) is 5.41. The lowest BCUT2D eigenvalue weighted by Gasteiger charge is -2.20. The molecule has 2 aromatic rings. The van der Waals surface area contributed by atoms with E-state index in [0.29, 0.717) is 18.0 Å². The molecule has 0 fully saturated rings. The zero-order valence-electron chi connectivity index (χ0n) is 14.2. The molecule has 0 saturated heterocycles. The van der Waals surface area contributed by atoms with Crippen LogP contribution < -0.4 is 10.1 Å². The normalized spacial score (nSPS) is 13.0. The van der Waals surface area contributed by atoms with Crippen LogP contribution in [0.3, 0.4) is 0 Å². The smallest absolute Gasteiger partial charge is 0.408 e. The Bertz CT molecular complexity index is 673. The first-order chi connectivity index (χ1) is 11.3. The van der Waals surface area contributed by atoms with E-state index in [1.807, 2.05) is 24.7 Å². The van der Waals surface area contributed by atoms with Gasteiger partial charge in [-0.3, -0.25) is 4.68 Å². The van der Waals surface area contributed by atoms with Crippen molar-refractivity contribution in [1.82, 2.24) is 9.78 Å². The molecule has 0 saturated carbocycles. The van der Waals surface area contributed by atoms with Crippen molar-refractivity contribution >= 4 is 5.69 Å². The van der Waals surface area contributed by atoms with Gasteiger partial charge in [-0.1, -0.05) is 6.92 Å². The monoisotopic (exact) mass is 341 g/mol. The minimum atomic E-state index is -4.30. The minimum Gasteiger partial charge on any atom is -0.496 e. The minimum absolute atomic E-state index is 0.362. The number of aromatic nitrogens is 2. The summed E-state index contributed by atoms with van der Waals surface area (Å²) in [5.41, 5.74) is 3.19. The summed E-state index contributed by atoms with van der Waals surface area (Å²) in [4.78, 5) is 0. The van der Waals surface area contributed by atoms with Crippen molar-refractivity contribution in [3.63, 3.8) is 0 Å². The van der Waals surface area contributed by atoms with Crippen molar-refractivity contribution in [1.29, 1.82) is 0 Å². The van der Waals surface area contributed by atoms with E-state index in [1.165, 1.54) is 7.11 Å². The summed E-state index contributed by atoms with van der Waals surface area (Å²) in [5, 5.41) is 6.82. The molecule has 4 nitrogen and oxygen atoms in total. The summed E-state index contributed by atoms with van der Waals surface area (Å²) in [6.07, 6.45) is -1.68. The predicted molar refractivity (Wildman–Crippen MR) is 88.4 cm³/mol. The number of alkyl halides is 3. The van der Waals surface area contributed by atoms with E-state index >= 15 is 0 Å². The summed E-state index contributed by atoms with van der Waals surface area (Å²) in [7, 11) is 1.51. The van der Waals surface area contributed by atoms with E-state index in [4.69, 9.17) is 4.74 Å². The second kappa shape index (κ2) is 7.15. The van der Waals surface area contributed by atoms with Gasteiger partial charge in [-0.2, -0.15) is 18.3 Å². The second-order valence-electron chi connectivity index (χ2n) is 5.51. The number of ether oxygens (including phenoxy) is 1. The van der Waals surface area contributed by atoms with Crippen LogP contribution >= 0.6 is 0 Å². The highest BCUT2D eigenvalue weighted by Gasteiger charge is 2.36. The molecule has 1 N–H and O–H groups in total. The number of nitrogens with zero attached hydrogens (tertiary/aromatic N) is 2. The van der Waals surface area contributed by atoms with Crippen molar-refractivity contribution < 1.29 is 17.9 Å². The molecule has 0 aliphatic heterocycles. The van der Waals surface area contributed by atoms with Gasteiger partial charge in [0.2, 0.25) is 0 Å². The maximum atomic E-state index is 12.7. The van der Waals surface area contributed by atoms with E-state index in [9.17, 15) is 13.2 Å². The van der Waals surface area contributed by atoms with Crippen molar-refractivity contribution in [2.24, 2.45) is 0 Å². The van der Waals surface area contributed by atoms with E-state index in [1.54, 1.807) is 18.2 Å². The highest BCUT2D eigenvalue weighted by molar-refractivity contribution is 5.73. The Hall–Kier alpha value is -2.18. The molecule has 2 rings (SSSR count). The predicted octanol–water partition coefficient (Wildman–Crippen LogP) is 4.50. The molecular weight excluding hydrogens is 319 g/mol. The van der Waals surface area contributed by atoms with Crippen LogP contribution in [0.2, 0.25) is 0 Å². The molecule has 0 aliphatic rings. The Morgan fingerprint density at radius 3 is 2.54 bits per heavy atom. The molecule has 132 valence electrons. The maximum Gasteiger partial charge on any atom is 0.408 e. The molecule has 1 aromatic heterocycles. The van der Waals surface area contributed by atoms with Crippen molar-refractivity contribution in [3.8, 4) is 17.0 Å². The summed E-state index contributed by atoms with van der Waals surface area (Å²) < 4.78 is 45.4. The number of rotatable bonds is 6. The first-order valence-corrected chi connectivity index (χ1v) is 7.88. The number of hydrogen-bond acceptors (Lipinski definition) is 3. The van der Waals surface area contributed by atoms with Crippen LogP contribution in [0, 0.1) is 0 Å². The van der Waals surface area contributed by atoms with Gasteiger partial charge >= 0.3 is 6.18 Å². The zero-order valence-corrected chi connectivity index (χ0v) is 14.2. The van der Waals surface area contributed by atoms with Gasteiger partial charge in [0, 0.05) is 23.9 Å². The lowest BCUT2D eigenvalue weighted by Crippen LogP contribution is -2.33. The fourth-order valence-electron chi connectivity index (χ4n) is 2.54. The highest BCUT2D eigenvalue weighted by Crippen LogP contribution is 2.35. The van der Waals surface area contributed by atoms with Gasteiger partial charge in [0.1, 0.15) is 11.8 Å². The van der Waals surface area contributed by atoms with Crippen LogP contribution in [-0.4, -0.2) is 29.1 Å². The first-order valence-electron chi connectivity index (χ1n) is 7.88. The molecule has 0 bridgehead atoms. The van der Waals surface area contributed by atoms with Crippen LogP contribution in [0.5, 0.6) is 5.75 Å². The van der Waals surface area contributed by atoms with E-state index in [2.05, 4.69) is 10.4 Å². The maximum absolute atomic E-state index is 12.7. The number of anilines is 1. The Labute approximate surface area is 139 Å². The lowest BCUT2D eigenvalue weighted by atomic mass is 10.0. The number of aryl methyl sites for hydroxylation is 2. The van der Waals surface area contributed by atoms with E-state index in [0.717, 1.165) is 30.2 Å². The lowest BCUT2D eigenvalue weighted by molar-refractivity contribution is -0.138. The quantitative estimate of drug-likeness (QED) is 0.840. The van der Waals surface area contributed by atoms with E-state index < -0.39 is 12.2 Å². The topological polar surface area (TPSA) is 39.1 Å². The van der Waals surface area contributed by atoms with E-state index in [-0.39, 0.29) is 0 Å². The fourth-order valence-corrected chi connectivity index (χ4v) is 2.54. The third kappa shape index (κ3) is 3.66. The van der Waals surface area contributed by atoms with Crippen LogP contribution in [0.1, 0.15) is 26.3 Å². The number of halogens is 3. The van der Waals surface area contributed by atoms with Crippen molar-refractivity contribution in [2.75, 3.05) is 12.4 Å². The molecule has 0 amide bonds. The largest absolute Gasteiger partial charge is 0.496 e. The van der Waals surface area contributed by atoms with Gasteiger partial charge in [0.05, 0.1) is 19.0 Å². The highest BCUT2D eigenvalue weighted by atomic mass is 19.4. The van der Waals surface area contributed by atoms with Crippen molar-refractivity contribution in [3.05, 3.63) is 30.0 Å². The summed E-state index contributed by atoms with van der Waals surface area (Å²) in [6, 6.07) is 3.35. The molecule has 0 unspecified atom stereocenters. The third-order valence-electron chi connectivity index (χ3n) is 3.93. The summed E-state index contributed by atoms with van der Waals surface area (Å²) in [5.74, 6) is 0.513. The number of nitrogens with one attached hydrogen (secondary N) is 1. The van der Waals surface area contributed by atoms with Gasteiger partial charge in [0.15, 0.2) is 0 Å². The Morgan fingerprint density at radius 1 is 1.29 bits per heavy atom. The van der Waals surface area contributed by atoms with Gasteiger partial charge in [0.25, 0.3) is 0 Å². The molecule has 1 aromatic carbocycles. The van der Waals surface area contributed by atoms with Crippen LogP contribution in [0.4, 0.5) is 18.9 Å². The fraction of sp³-hybridized carbons (Fsp3) is 0.471. The third-order valence-corrected chi connectivity index (χ3v) is 3.93. The molecule has 0 radical (unpaired) electrons. The molecule has 0 aliphatic carbocycles. The molecular formula is C17H22F3N3O. The average molecular weight is 341 g/mol. The molecule has 1 heterocycles. The standard InChI is InChI=1S/C17H22F3N3O/c1-5-12-10-21-23(6-2)16(12)14-8-7-13(9-15(14)24-4)22-11(3)17(18,19)20/h7-11,22H,5-6H2,1-4H3/t11-/m1/s1. The second-order valence-corrected chi connectivity index (χ2v) is 5.51. The van der Waals surface area contributed by atoms with Crippen molar-refractivity contribution in [2.45, 2.75) is 46.0 Å². The molecule has 0 spiro atoms. The summed E-state index contributed by atoms with van der Waals surface area (Å²) in [6.45, 7) is 5.81. The molecule has 7 heteroatoms. The average Bonchev–Trinajstić information content (AvgIpc) is 2.96. The number of methoxy groups -OCH3 is 1. The molecule has 24 heavy (non-hydrogen) atoms. The van der Waals surface area contributed by atoms with Gasteiger partial charge in [-0.15, -0.1) is 0 Å².